The lowest BCUT2D eigenvalue weighted by molar-refractivity contribution is 0.0991. The van der Waals surface area contributed by atoms with Gasteiger partial charge in [-0.2, -0.15) is 5.10 Å². The number of thioether (sulfide) groups is 1. The number of alkyl halides is 2. The Hall–Kier alpha value is -1.68. The first-order valence-corrected chi connectivity index (χ1v) is 7.59. The molecule has 2 aromatic heterocycles. The molecule has 0 saturated carbocycles. The van der Waals surface area contributed by atoms with E-state index < -0.39 is 18.2 Å². The molecule has 0 spiro atoms. The highest BCUT2D eigenvalue weighted by Gasteiger charge is 2.24. The van der Waals surface area contributed by atoms with Crippen LogP contribution in [0.3, 0.4) is 0 Å². The van der Waals surface area contributed by atoms with Crippen LogP contribution in [0.2, 0.25) is 5.02 Å². The van der Waals surface area contributed by atoms with Gasteiger partial charge in [0.25, 0.3) is 12.3 Å². The molecule has 0 aliphatic carbocycles. The van der Waals surface area contributed by atoms with Crippen molar-refractivity contribution >= 4 is 29.3 Å². The highest BCUT2D eigenvalue weighted by molar-refractivity contribution is 7.99. The fraction of sp³-hybridized carbons (Fsp3) is 0.455. The van der Waals surface area contributed by atoms with Gasteiger partial charge < -0.3 is 0 Å². The molecule has 1 amide bonds. The summed E-state index contributed by atoms with van der Waals surface area (Å²) in [5, 5.41) is 11.3. The second kappa shape index (κ2) is 6.61. The van der Waals surface area contributed by atoms with E-state index in [4.69, 9.17) is 11.6 Å². The molecule has 2 rings (SSSR count). The van der Waals surface area contributed by atoms with Crippen LogP contribution in [0.4, 0.5) is 8.78 Å². The van der Waals surface area contributed by atoms with Crippen molar-refractivity contribution in [1.82, 2.24) is 24.7 Å². The highest BCUT2D eigenvalue weighted by atomic mass is 35.5. The van der Waals surface area contributed by atoms with Crippen molar-refractivity contribution in [2.75, 3.05) is 11.2 Å². The van der Waals surface area contributed by atoms with E-state index in [9.17, 15) is 13.6 Å². The predicted octanol–water partition coefficient (Wildman–Crippen LogP) is 2.41. The van der Waals surface area contributed by atoms with Gasteiger partial charge in [0.05, 0.1) is 10.7 Å². The molecule has 0 bridgehead atoms. The Bertz CT molecular complexity index is 701. The van der Waals surface area contributed by atoms with Gasteiger partial charge in [-0.15, -0.1) is 10.2 Å². The number of hydrogen-bond donors (Lipinski definition) is 1. The molecule has 0 saturated heterocycles. The Morgan fingerprint density at radius 3 is 2.64 bits per heavy atom. The smallest absolute Gasteiger partial charge is 0.271 e. The zero-order valence-corrected chi connectivity index (χ0v) is 13.5. The molecule has 0 aromatic carbocycles. The van der Waals surface area contributed by atoms with E-state index in [1.807, 2.05) is 6.92 Å². The van der Waals surface area contributed by atoms with Crippen molar-refractivity contribution in [3.63, 3.8) is 0 Å². The minimum Gasteiger partial charge on any atom is -0.271 e. The van der Waals surface area contributed by atoms with Crippen LogP contribution in [0.25, 0.3) is 0 Å². The van der Waals surface area contributed by atoms with E-state index in [0.717, 1.165) is 4.68 Å². The Balaban J connectivity index is 2.34. The van der Waals surface area contributed by atoms with Crippen LogP contribution >= 0.6 is 23.4 Å². The second-order valence-corrected chi connectivity index (χ2v) is 5.83. The number of halogens is 3. The third kappa shape index (κ3) is 3.07. The first kappa shape index (κ1) is 16.7. The molecular weight excluding hydrogens is 338 g/mol. The molecule has 0 fully saturated rings. The number of carbonyl (C=O) groups is 1. The maximum Gasteiger partial charge on any atom is 0.299 e. The predicted molar refractivity (Wildman–Crippen MR) is 78.0 cm³/mol. The molecule has 0 aliphatic rings. The number of rotatable bonds is 5. The average Bonchev–Trinajstić information content (AvgIpc) is 2.96. The fourth-order valence-electron chi connectivity index (χ4n) is 1.63. The number of carbonyl (C=O) groups excluding carboxylic acids is 1. The van der Waals surface area contributed by atoms with Crippen molar-refractivity contribution in [3.8, 4) is 0 Å². The summed E-state index contributed by atoms with van der Waals surface area (Å²) in [5.74, 6) is -0.776. The van der Waals surface area contributed by atoms with Crippen LogP contribution in [0, 0.1) is 6.92 Å². The molecule has 0 aliphatic heterocycles. The number of nitrogens with one attached hydrogen (secondary N) is 1. The number of hydrogen-bond acceptors (Lipinski definition) is 5. The van der Waals surface area contributed by atoms with Crippen molar-refractivity contribution < 1.29 is 13.6 Å². The lowest BCUT2D eigenvalue weighted by Crippen LogP contribution is -2.26. The Kier molecular flexibility index (Phi) is 5.01. The van der Waals surface area contributed by atoms with E-state index in [1.54, 1.807) is 14.0 Å². The molecule has 1 N–H and O–H groups in total. The number of nitrogens with zero attached hydrogens (tertiary/aromatic N) is 5. The first-order chi connectivity index (χ1) is 10.4. The third-order valence-electron chi connectivity index (χ3n) is 2.82. The van der Waals surface area contributed by atoms with Gasteiger partial charge in [-0.25, -0.2) is 13.5 Å². The number of aryl methyl sites for hydroxylation is 1. The summed E-state index contributed by atoms with van der Waals surface area (Å²) >= 11 is 7.19. The molecular formula is C11H13ClF2N6OS. The minimum absolute atomic E-state index is 0.0527. The summed E-state index contributed by atoms with van der Waals surface area (Å²) in [7, 11) is 1.62. The quantitative estimate of drug-likeness (QED) is 0.838. The third-order valence-corrected chi connectivity index (χ3v) is 4.08. The van der Waals surface area contributed by atoms with Gasteiger partial charge in [-0.05, 0) is 12.7 Å². The standard InChI is InChI=1S/C11H13ClF2N6OS/c1-4-22-11-16-15-9(8(13)14)20(11)18-10(21)7-6(12)5(2)19(3)17-7/h8H,4H2,1-3H3,(H,18,21). The summed E-state index contributed by atoms with van der Waals surface area (Å²) in [5.41, 5.74) is 2.85. The Labute approximate surface area is 134 Å². The molecule has 2 heterocycles. The summed E-state index contributed by atoms with van der Waals surface area (Å²) in [6.07, 6.45) is -2.88. The van der Waals surface area contributed by atoms with Crippen molar-refractivity contribution in [2.45, 2.75) is 25.4 Å². The molecule has 120 valence electrons. The van der Waals surface area contributed by atoms with Gasteiger partial charge >= 0.3 is 0 Å². The first-order valence-electron chi connectivity index (χ1n) is 6.23. The molecule has 0 radical (unpaired) electrons. The summed E-state index contributed by atoms with van der Waals surface area (Å²) in [6.45, 7) is 3.51. The normalized spacial score (nSPS) is 11.2. The van der Waals surface area contributed by atoms with Gasteiger partial charge in [0.2, 0.25) is 11.0 Å². The van der Waals surface area contributed by atoms with Gasteiger partial charge in [-0.1, -0.05) is 30.3 Å². The van der Waals surface area contributed by atoms with Crippen LogP contribution < -0.4 is 5.43 Å². The van der Waals surface area contributed by atoms with E-state index in [0.29, 0.717) is 11.4 Å². The van der Waals surface area contributed by atoms with Crippen molar-refractivity contribution in [2.24, 2.45) is 7.05 Å². The Morgan fingerprint density at radius 1 is 1.45 bits per heavy atom. The molecule has 0 atom stereocenters. The van der Waals surface area contributed by atoms with Crippen molar-refractivity contribution in [1.29, 1.82) is 0 Å². The van der Waals surface area contributed by atoms with E-state index >= 15 is 0 Å². The maximum atomic E-state index is 13.0. The van der Waals surface area contributed by atoms with Crippen LogP contribution in [-0.4, -0.2) is 36.3 Å². The number of aromatic nitrogens is 5. The maximum absolute atomic E-state index is 13.0. The SMILES string of the molecule is CCSc1nnc(C(F)F)n1NC(=O)c1nn(C)c(C)c1Cl. The molecule has 7 nitrogen and oxygen atoms in total. The van der Waals surface area contributed by atoms with Crippen molar-refractivity contribution in [3.05, 3.63) is 22.2 Å². The highest BCUT2D eigenvalue weighted by Crippen LogP contribution is 2.23. The lowest BCUT2D eigenvalue weighted by Gasteiger charge is -2.09. The van der Waals surface area contributed by atoms with Crippen LogP contribution in [0.1, 0.15) is 35.4 Å². The summed E-state index contributed by atoms with van der Waals surface area (Å²) < 4.78 is 28.2. The van der Waals surface area contributed by atoms with E-state index in [-0.39, 0.29) is 15.9 Å². The summed E-state index contributed by atoms with van der Waals surface area (Å²) in [6, 6.07) is 0. The molecule has 2 aromatic rings. The van der Waals surface area contributed by atoms with Crippen LogP contribution in [0.15, 0.2) is 5.16 Å². The summed E-state index contributed by atoms with van der Waals surface area (Å²) in [4.78, 5) is 12.2. The number of amides is 1. The van der Waals surface area contributed by atoms with Gasteiger partial charge in [0.15, 0.2) is 5.69 Å². The minimum atomic E-state index is -2.88. The van der Waals surface area contributed by atoms with Gasteiger partial charge in [-0.3, -0.25) is 14.9 Å². The molecule has 22 heavy (non-hydrogen) atoms. The van der Waals surface area contributed by atoms with Crippen LogP contribution in [0.5, 0.6) is 0 Å². The monoisotopic (exact) mass is 350 g/mol. The van der Waals surface area contributed by atoms with Gasteiger partial charge in [0.1, 0.15) is 0 Å². The largest absolute Gasteiger partial charge is 0.299 e. The topological polar surface area (TPSA) is 77.6 Å². The second-order valence-electron chi connectivity index (χ2n) is 4.22. The molecule has 11 heteroatoms. The van der Waals surface area contributed by atoms with E-state index in [2.05, 4.69) is 20.7 Å². The van der Waals surface area contributed by atoms with Gasteiger partial charge in [0, 0.05) is 7.05 Å². The Morgan fingerprint density at radius 2 is 2.14 bits per heavy atom. The zero-order chi connectivity index (χ0) is 16.4. The fourth-order valence-corrected chi connectivity index (χ4v) is 2.50. The van der Waals surface area contributed by atoms with Crippen LogP contribution in [-0.2, 0) is 7.05 Å². The lowest BCUT2D eigenvalue weighted by atomic mass is 10.3. The zero-order valence-electron chi connectivity index (χ0n) is 12.0. The average molecular weight is 351 g/mol. The molecule has 0 unspecified atom stereocenters. The van der Waals surface area contributed by atoms with E-state index in [1.165, 1.54) is 16.4 Å².